The summed E-state index contributed by atoms with van der Waals surface area (Å²) in [6.07, 6.45) is 6.25. The highest BCUT2D eigenvalue weighted by Gasteiger charge is 2.47. The lowest BCUT2D eigenvalue weighted by Gasteiger charge is -2.25. The fourth-order valence-electron chi connectivity index (χ4n) is 4.02. The van der Waals surface area contributed by atoms with E-state index in [9.17, 15) is 21.2 Å². The first-order valence-electron chi connectivity index (χ1n) is 9.15. The zero-order chi connectivity index (χ0) is 18.9. The number of halogens is 1. The molecule has 1 aliphatic heterocycles. The van der Waals surface area contributed by atoms with Crippen molar-refractivity contribution in [2.24, 2.45) is 0 Å². The molecule has 1 aliphatic carbocycles. The molecule has 1 N–H and O–H groups in total. The Kier molecular flexibility index (Phi) is 5.75. The molecule has 1 aromatic carbocycles. The second-order valence-electron chi connectivity index (χ2n) is 7.56. The third-order valence-electron chi connectivity index (χ3n) is 5.40. The van der Waals surface area contributed by atoms with E-state index in [2.05, 4.69) is 5.32 Å². The Bertz CT molecular complexity index is 859. The number of aryl methyl sites for hydroxylation is 1. The first-order chi connectivity index (χ1) is 12.2. The van der Waals surface area contributed by atoms with E-state index in [0.29, 0.717) is 5.56 Å². The van der Waals surface area contributed by atoms with Crippen LogP contribution < -0.4 is 5.32 Å². The van der Waals surface area contributed by atoms with Crippen LogP contribution in [0.5, 0.6) is 0 Å². The zero-order valence-electron chi connectivity index (χ0n) is 14.9. The van der Waals surface area contributed by atoms with Crippen molar-refractivity contribution in [2.75, 3.05) is 11.5 Å². The molecule has 0 unspecified atom stereocenters. The Hall–Kier alpha value is -0.990. The minimum Gasteiger partial charge on any atom is -0.309 e. The third-order valence-corrected chi connectivity index (χ3v) is 9.56. The van der Waals surface area contributed by atoms with Crippen LogP contribution in [0.4, 0.5) is 4.39 Å². The summed E-state index contributed by atoms with van der Waals surface area (Å²) in [7, 11) is -7.57. The lowest BCUT2D eigenvalue weighted by Crippen LogP contribution is -2.47. The summed E-state index contributed by atoms with van der Waals surface area (Å²) in [5, 5.41) is 2.15. The number of nitrogens with one attached hydrogen (secondary N) is 1. The molecule has 1 saturated heterocycles. The summed E-state index contributed by atoms with van der Waals surface area (Å²) in [5.41, 5.74) is 0.624. The highest BCUT2D eigenvalue weighted by atomic mass is 32.2. The van der Waals surface area contributed by atoms with Crippen LogP contribution in [0.25, 0.3) is 0 Å². The van der Waals surface area contributed by atoms with E-state index < -0.39 is 47.4 Å². The minimum absolute atomic E-state index is 0.121. The van der Waals surface area contributed by atoms with Gasteiger partial charge in [-0.3, -0.25) is 0 Å². The molecule has 2 atom stereocenters. The van der Waals surface area contributed by atoms with Crippen molar-refractivity contribution in [2.45, 2.75) is 67.7 Å². The fourth-order valence-corrected chi connectivity index (χ4v) is 8.85. The van der Waals surface area contributed by atoms with E-state index in [-0.39, 0.29) is 11.8 Å². The van der Waals surface area contributed by atoms with E-state index >= 15 is 0 Å². The number of rotatable bonds is 4. The summed E-state index contributed by atoms with van der Waals surface area (Å²) < 4.78 is 64.7. The Labute approximate surface area is 155 Å². The molecule has 0 bridgehead atoms. The van der Waals surface area contributed by atoms with Crippen LogP contribution in [-0.4, -0.2) is 45.7 Å². The number of benzene rings is 1. The van der Waals surface area contributed by atoms with E-state index in [0.717, 1.165) is 44.6 Å². The standard InChI is InChI=1S/C18H26FNO4S2/c1-13-8-9-15(19)17(10-13)26(23,24)18-12-25(21,22)11-16(18)20-14-6-4-2-3-5-7-14/h8-10,14,16,18,20H,2-7,11-12H2,1H3/t16-,18-/m0/s1. The molecule has 1 heterocycles. The Morgan fingerprint density at radius 1 is 1.08 bits per heavy atom. The largest absolute Gasteiger partial charge is 0.309 e. The number of hydrogen-bond acceptors (Lipinski definition) is 5. The van der Waals surface area contributed by atoms with Crippen LogP contribution in [0.2, 0.25) is 0 Å². The van der Waals surface area contributed by atoms with Gasteiger partial charge in [0.05, 0.1) is 16.8 Å². The van der Waals surface area contributed by atoms with Gasteiger partial charge in [0.2, 0.25) is 0 Å². The van der Waals surface area contributed by atoms with Gasteiger partial charge < -0.3 is 5.32 Å². The highest BCUT2D eigenvalue weighted by molar-refractivity contribution is 7.96. The van der Waals surface area contributed by atoms with Crippen LogP contribution in [0, 0.1) is 12.7 Å². The van der Waals surface area contributed by atoms with Gasteiger partial charge in [0.15, 0.2) is 19.7 Å². The average Bonchev–Trinajstić information content (AvgIpc) is 2.73. The van der Waals surface area contributed by atoms with Crippen molar-refractivity contribution in [3.63, 3.8) is 0 Å². The highest BCUT2D eigenvalue weighted by Crippen LogP contribution is 2.29. The molecule has 0 amide bonds. The number of hydrogen-bond donors (Lipinski definition) is 1. The molecular weight excluding hydrogens is 377 g/mol. The second kappa shape index (κ2) is 7.56. The molecule has 146 valence electrons. The summed E-state index contributed by atoms with van der Waals surface area (Å²) in [5.74, 6) is -1.48. The topological polar surface area (TPSA) is 80.3 Å². The van der Waals surface area contributed by atoms with Gasteiger partial charge in [-0.15, -0.1) is 0 Å². The van der Waals surface area contributed by atoms with Gasteiger partial charge in [-0.2, -0.15) is 0 Å². The molecule has 3 rings (SSSR count). The van der Waals surface area contributed by atoms with Crippen molar-refractivity contribution in [3.8, 4) is 0 Å². The molecule has 0 spiro atoms. The van der Waals surface area contributed by atoms with Crippen molar-refractivity contribution >= 4 is 19.7 Å². The maximum atomic E-state index is 14.2. The second-order valence-corrected chi connectivity index (χ2v) is 11.8. The van der Waals surface area contributed by atoms with Gasteiger partial charge in [0.1, 0.15) is 10.7 Å². The van der Waals surface area contributed by atoms with Crippen LogP contribution in [0.3, 0.4) is 0 Å². The van der Waals surface area contributed by atoms with Gasteiger partial charge in [0.25, 0.3) is 0 Å². The number of sulfone groups is 2. The monoisotopic (exact) mass is 403 g/mol. The predicted molar refractivity (Wildman–Crippen MR) is 99.2 cm³/mol. The first-order valence-corrected chi connectivity index (χ1v) is 12.5. The first kappa shape index (κ1) is 19.8. The fraction of sp³-hybridized carbons (Fsp3) is 0.667. The van der Waals surface area contributed by atoms with Gasteiger partial charge in [-0.05, 0) is 37.5 Å². The van der Waals surface area contributed by atoms with Gasteiger partial charge >= 0.3 is 0 Å². The molecule has 26 heavy (non-hydrogen) atoms. The Balaban J connectivity index is 1.90. The van der Waals surface area contributed by atoms with E-state index in [1.54, 1.807) is 6.92 Å². The molecule has 0 radical (unpaired) electrons. The minimum atomic E-state index is -4.09. The quantitative estimate of drug-likeness (QED) is 0.781. The smallest absolute Gasteiger partial charge is 0.186 e. The van der Waals surface area contributed by atoms with E-state index in [1.807, 2.05) is 0 Å². The molecule has 5 nitrogen and oxygen atoms in total. The summed E-state index contributed by atoms with van der Waals surface area (Å²) in [6.45, 7) is 1.69. The molecule has 2 aliphatic rings. The molecule has 0 aromatic heterocycles. The summed E-state index contributed by atoms with van der Waals surface area (Å²) in [4.78, 5) is -0.396. The molecule has 1 saturated carbocycles. The average molecular weight is 404 g/mol. The van der Waals surface area contributed by atoms with Crippen LogP contribution in [0.1, 0.15) is 44.1 Å². The molecule has 2 fully saturated rings. The maximum Gasteiger partial charge on any atom is 0.186 e. The van der Waals surface area contributed by atoms with Gasteiger partial charge in [-0.1, -0.05) is 31.7 Å². The zero-order valence-corrected chi connectivity index (χ0v) is 16.6. The summed E-state index contributed by atoms with van der Waals surface area (Å²) >= 11 is 0. The third kappa shape index (κ3) is 4.28. The van der Waals surface area contributed by atoms with Crippen LogP contribution in [0.15, 0.2) is 23.1 Å². The molecular formula is C18H26FNO4S2. The SMILES string of the molecule is Cc1ccc(F)c(S(=O)(=O)[C@H]2CS(=O)(=O)C[C@@H]2NC2CCCCCC2)c1. The van der Waals surface area contributed by atoms with E-state index in [4.69, 9.17) is 0 Å². The Morgan fingerprint density at radius 3 is 2.38 bits per heavy atom. The van der Waals surface area contributed by atoms with Gasteiger partial charge in [-0.25, -0.2) is 21.2 Å². The van der Waals surface area contributed by atoms with Crippen molar-refractivity contribution in [3.05, 3.63) is 29.6 Å². The van der Waals surface area contributed by atoms with Crippen molar-refractivity contribution in [1.29, 1.82) is 0 Å². The Morgan fingerprint density at radius 2 is 1.73 bits per heavy atom. The van der Waals surface area contributed by atoms with Crippen molar-refractivity contribution < 1.29 is 21.2 Å². The van der Waals surface area contributed by atoms with Crippen LogP contribution in [-0.2, 0) is 19.7 Å². The lowest BCUT2D eigenvalue weighted by atomic mass is 10.1. The van der Waals surface area contributed by atoms with E-state index in [1.165, 1.54) is 12.1 Å². The summed E-state index contributed by atoms with van der Waals surface area (Å²) in [6, 6.07) is 3.35. The van der Waals surface area contributed by atoms with Gasteiger partial charge in [0, 0.05) is 12.1 Å². The molecule has 8 heteroatoms. The lowest BCUT2D eigenvalue weighted by molar-refractivity contribution is 0.408. The molecule has 1 aromatic rings. The normalized spacial score (nSPS) is 27.3. The van der Waals surface area contributed by atoms with Crippen molar-refractivity contribution in [1.82, 2.24) is 5.32 Å². The maximum absolute atomic E-state index is 14.2. The van der Waals surface area contributed by atoms with Crippen LogP contribution >= 0.6 is 0 Å². The predicted octanol–water partition coefficient (Wildman–Crippen LogP) is 2.39.